The zero-order valence-electron chi connectivity index (χ0n) is 9.34. The van der Waals surface area contributed by atoms with E-state index in [1.165, 1.54) is 0 Å². The first-order valence-electron chi connectivity index (χ1n) is 4.94. The van der Waals surface area contributed by atoms with Gasteiger partial charge in [0.05, 0.1) is 24.5 Å². The van der Waals surface area contributed by atoms with Crippen LogP contribution in [0.2, 0.25) is 0 Å². The third-order valence-corrected chi connectivity index (χ3v) is 2.42. The zero-order valence-corrected chi connectivity index (χ0v) is 9.34. The Hall–Kier alpha value is -1.36. The zero-order chi connectivity index (χ0) is 11.4. The van der Waals surface area contributed by atoms with Gasteiger partial charge in [0.15, 0.2) is 0 Å². The molecule has 84 valence electrons. The van der Waals surface area contributed by atoms with E-state index in [0.717, 1.165) is 12.2 Å². The second-order valence-corrected chi connectivity index (χ2v) is 3.68. The fourth-order valence-corrected chi connectivity index (χ4v) is 1.59. The van der Waals surface area contributed by atoms with Crippen molar-refractivity contribution in [1.82, 2.24) is 14.5 Å². The molecule has 1 N–H and O–H groups in total. The van der Waals surface area contributed by atoms with Crippen LogP contribution < -0.4 is 0 Å². The van der Waals surface area contributed by atoms with E-state index in [9.17, 15) is 4.79 Å². The quantitative estimate of drug-likeness (QED) is 0.788. The maximum atomic E-state index is 10.8. The highest BCUT2D eigenvalue weighted by Crippen LogP contribution is 2.21. The average molecular weight is 211 g/mol. The van der Waals surface area contributed by atoms with Crippen LogP contribution in [0, 0.1) is 0 Å². The smallest absolute Gasteiger partial charge is 0.305 e. The molecule has 0 saturated carbocycles. The summed E-state index contributed by atoms with van der Waals surface area (Å²) < 4.78 is 1.97. The molecule has 0 bridgehead atoms. The summed E-state index contributed by atoms with van der Waals surface area (Å²) in [4.78, 5) is 16.7. The Morgan fingerprint density at radius 1 is 1.67 bits per heavy atom. The molecular formula is C10H17N3O2. The summed E-state index contributed by atoms with van der Waals surface area (Å²) in [5, 5.41) is 8.84. The standard InChI is InChI=1S/C10H17N3O2/c1-4-13-7-11-6-9(13)8(12(2)3)5-10(14)15/h6-8H,4-5H2,1-3H3,(H,14,15). The van der Waals surface area contributed by atoms with Crippen LogP contribution in [0.3, 0.4) is 0 Å². The van der Waals surface area contributed by atoms with Crippen molar-refractivity contribution < 1.29 is 9.90 Å². The molecule has 5 nitrogen and oxygen atoms in total. The number of rotatable bonds is 5. The normalized spacial score (nSPS) is 13.1. The van der Waals surface area contributed by atoms with Gasteiger partial charge < -0.3 is 14.6 Å². The molecule has 0 saturated heterocycles. The average Bonchev–Trinajstić information content (AvgIpc) is 2.60. The molecule has 1 heterocycles. The van der Waals surface area contributed by atoms with Gasteiger partial charge >= 0.3 is 5.97 Å². The molecular weight excluding hydrogens is 194 g/mol. The van der Waals surface area contributed by atoms with Crippen LogP contribution in [0.1, 0.15) is 25.1 Å². The minimum Gasteiger partial charge on any atom is -0.481 e. The van der Waals surface area contributed by atoms with Gasteiger partial charge in [0.25, 0.3) is 0 Å². The number of aryl methyl sites for hydroxylation is 1. The van der Waals surface area contributed by atoms with Crippen molar-refractivity contribution in [3.8, 4) is 0 Å². The van der Waals surface area contributed by atoms with Crippen molar-refractivity contribution in [2.75, 3.05) is 14.1 Å². The molecule has 0 aliphatic rings. The van der Waals surface area contributed by atoms with Gasteiger partial charge in [-0.3, -0.25) is 4.79 Å². The molecule has 0 fully saturated rings. The maximum Gasteiger partial charge on any atom is 0.305 e. The minimum atomic E-state index is -0.794. The van der Waals surface area contributed by atoms with Crippen LogP contribution in [-0.2, 0) is 11.3 Å². The molecule has 0 aromatic carbocycles. The second kappa shape index (κ2) is 4.93. The first-order valence-corrected chi connectivity index (χ1v) is 4.94. The van der Waals surface area contributed by atoms with E-state index < -0.39 is 5.97 Å². The monoisotopic (exact) mass is 211 g/mol. The predicted molar refractivity (Wildman–Crippen MR) is 56.6 cm³/mol. The number of aliphatic carboxylic acids is 1. The lowest BCUT2D eigenvalue weighted by atomic mass is 10.1. The highest BCUT2D eigenvalue weighted by atomic mass is 16.4. The van der Waals surface area contributed by atoms with Gasteiger partial charge in [0.2, 0.25) is 0 Å². The van der Waals surface area contributed by atoms with Crippen molar-refractivity contribution in [2.24, 2.45) is 0 Å². The number of nitrogens with zero attached hydrogens (tertiary/aromatic N) is 3. The molecule has 0 amide bonds. The molecule has 0 aliphatic carbocycles. The Morgan fingerprint density at radius 3 is 2.80 bits per heavy atom. The maximum absolute atomic E-state index is 10.8. The van der Waals surface area contributed by atoms with Crippen LogP contribution in [0.4, 0.5) is 0 Å². The van der Waals surface area contributed by atoms with Gasteiger partial charge in [0, 0.05) is 12.7 Å². The van der Waals surface area contributed by atoms with Crippen molar-refractivity contribution in [3.63, 3.8) is 0 Å². The van der Waals surface area contributed by atoms with Crippen molar-refractivity contribution in [3.05, 3.63) is 18.2 Å². The Balaban J connectivity index is 2.93. The van der Waals surface area contributed by atoms with Gasteiger partial charge in [-0.15, -0.1) is 0 Å². The summed E-state index contributed by atoms with van der Waals surface area (Å²) in [5.41, 5.74) is 0.949. The van der Waals surface area contributed by atoms with Crippen LogP contribution in [0.25, 0.3) is 0 Å². The first-order chi connectivity index (χ1) is 7.06. The number of carbonyl (C=O) groups is 1. The molecule has 0 spiro atoms. The number of aromatic nitrogens is 2. The van der Waals surface area contributed by atoms with Crippen molar-refractivity contribution >= 4 is 5.97 Å². The van der Waals surface area contributed by atoms with E-state index in [-0.39, 0.29) is 12.5 Å². The summed E-state index contributed by atoms with van der Waals surface area (Å²) >= 11 is 0. The van der Waals surface area contributed by atoms with E-state index >= 15 is 0 Å². The topological polar surface area (TPSA) is 58.4 Å². The third kappa shape index (κ3) is 2.79. The second-order valence-electron chi connectivity index (χ2n) is 3.68. The van der Waals surface area contributed by atoms with Crippen LogP contribution >= 0.6 is 0 Å². The van der Waals surface area contributed by atoms with Gasteiger partial charge in [-0.25, -0.2) is 4.98 Å². The van der Waals surface area contributed by atoms with Gasteiger partial charge in [0.1, 0.15) is 0 Å². The molecule has 1 rings (SSSR count). The molecule has 15 heavy (non-hydrogen) atoms. The molecule has 1 atom stereocenters. The van der Waals surface area contributed by atoms with Crippen molar-refractivity contribution in [1.29, 1.82) is 0 Å². The summed E-state index contributed by atoms with van der Waals surface area (Å²) in [7, 11) is 3.75. The third-order valence-electron chi connectivity index (χ3n) is 2.42. The highest BCUT2D eigenvalue weighted by Gasteiger charge is 2.20. The molecule has 0 radical (unpaired) electrons. The predicted octanol–water partition coefficient (Wildman–Crippen LogP) is 0.980. The highest BCUT2D eigenvalue weighted by molar-refractivity contribution is 5.67. The Bertz CT molecular complexity index is 333. The summed E-state index contributed by atoms with van der Waals surface area (Å²) in [5.74, 6) is -0.794. The summed E-state index contributed by atoms with van der Waals surface area (Å²) in [6.07, 6.45) is 3.56. The molecule has 0 aliphatic heterocycles. The molecule has 1 aromatic rings. The van der Waals surface area contributed by atoms with Gasteiger partial charge in [-0.2, -0.15) is 0 Å². The first kappa shape index (κ1) is 11.7. The van der Waals surface area contributed by atoms with Crippen LogP contribution in [0.15, 0.2) is 12.5 Å². The van der Waals surface area contributed by atoms with Gasteiger partial charge in [-0.1, -0.05) is 0 Å². The van der Waals surface area contributed by atoms with Crippen molar-refractivity contribution in [2.45, 2.75) is 25.9 Å². The molecule has 1 aromatic heterocycles. The van der Waals surface area contributed by atoms with Crippen LogP contribution in [-0.4, -0.2) is 39.6 Å². The molecule has 1 unspecified atom stereocenters. The minimum absolute atomic E-state index is 0.0959. The van der Waals surface area contributed by atoms with E-state index in [4.69, 9.17) is 5.11 Å². The van der Waals surface area contributed by atoms with Crippen LogP contribution in [0.5, 0.6) is 0 Å². The number of carboxylic acids is 1. The number of imidazole rings is 1. The van der Waals surface area contributed by atoms with E-state index in [1.807, 2.05) is 30.5 Å². The number of carboxylic acid groups (broad SMARTS) is 1. The fourth-order valence-electron chi connectivity index (χ4n) is 1.59. The Morgan fingerprint density at radius 2 is 2.33 bits per heavy atom. The lowest BCUT2D eigenvalue weighted by Gasteiger charge is -2.23. The molecule has 5 heteroatoms. The fraction of sp³-hybridized carbons (Fsp3) is 0.600. The SMILES string of the molecule is CCn1cncc1C(CC(=O)O)N(C)C. The largest absolute Gasteiger partial charge is 0.481 e. The number of hydrogen-bond acceptors (Lipinski definition) is 3. The Kier molecular flexibility index (Phi) is 3.85. The van der Waals surface area contributed by atoms with Gasteiger partial charge in [-0.05, 0) is 21.0 Å². The number of hydrogen-bond donors (Lipinski definition) is 1. The van der Waals surface area contributed by atoms with E-state index in [2.05, 4.69) is 4.98 Å². The van der Waals surface area contributed by atoms with E-state index in [1.54, 1.807) is 12.5 Å². The summed E-state index contributed by atoms with van der Waals surface area (Å²) in [6.45, 7) is 2.82. The Labute approximate surface area is 89.3 Å². The lowest BCUT2D eigenvalue weighted by Crippen LogP contribution is -2.24. The lowest BCUT2D eigenvalue weighted by molar-refractivity contribution is -0.138. The summed E-state index contributed by atoms with van der Waals surface area (Å²) in [6, 6.07) is -0.120. The van der Waals surface area contributed by atoms with E-state index in [0.29, 0.717) is 0 Å².